The number of hydrogen-bond acceptors (Lipinski definition) is 4. The fourth-order valence-corrected chi connectivity index (χ4v) is 2.21. The van der Waals surface area contributed by atoms with Crippen LogP contribution in [0.3, 0.4) is 0 Å². The van der Waals surface area contributed by atoms with Crippen molar-refractivity contribution < 1.29 is 14.3 Å². The number of hydrogen-bond donors (Lipinski definition) is 1. The van der Waals surface area contributed by atoms with E-state index in [1.807, 2.05) is 0 Å². The van der Waals surface area contributed by atoms with Crippen LogP contribution < -0.4 is 5.32 Å². The number of rotatable bonds is 5. The minimum absolute atomic E-state index is 0.179. The third-order valence-electron chi connectivity index (χ3n) is 3.26. The van der Waals surface area contributed by atoms with Gasteiger partial charge in [0.05, 0.1) is 25.6 Å². The van der Waals surface area contributed by atoms with Gasteiger partial charge >= 0.3 is 0 Å². The van der Waals surface area contributed by atoms with E-state index in [0.717, 1.165) is 51.0 Å². The average molecular weight is 239 g/mol. The molecule has 0 radical (unpaired) electrons. The maximum Gasteiger partial charge on any atom is 0.164 e. The minimum atomic E-state index is 0.179. The molecule has 0 bridgehead atoms. The molecule has 0 spiro atoms. The Hall–Kier alpha value is -0.870. The van der Waals surface area contributed by atoms with Crippen molar-refractivity contribution in [2.45, 2.75) is 38.2 Å². The molecule has 2 heterocycles. The lowest BCUT2D eigenvalue weighted by atomic mass is 10.0. The number of carbonyl (C=O) groups excluding carboxylic acids is 1. The van der Waals surface area contributed by atoms with Gasteiger partial charge in [0.1, 0.15) is 0 Å². The zero-order valence-electron chi connectivity index (χ0n) is 10.2. The molecule has 1 fully saturated rings. The van der Waals surface area contributed by atoms with Crippen molar-refractivity contribution in [3.05, 3.63) is 11.8 Å². The lowest BCUT2D eigenvalue weighted by molar-refractivity contribution is -0.117. The zero-order chi connectivity index (χ0) is 11.9. The van der Waals surface area contributed by atoms with Crippen LogP contribution in [0.5, 0.6) is 0 Å². The van der Waals surface area contributed by atoms with Crippen LogP contribution in [-0.2, 0) is 14.3 Å². The SMILES string of the molecule is O=C(CCOC1CCNCC1)C1=COCCC1. The Morgan fingerprint density at radius 1 is 1.47 bits per heavy atom. The third-order valence-corrected chi connectivity index (χ3v) is 3.26. The molecule has 0 aromatic rings. The summed E-state index contributed by atoms with van der Waals surface area (Å²) in [4.78, 5) is 11.8. The van der Waals surface area contributed by atoms with Gasteiger partial charge in [0.2, 0.25) is 0 Å². The summed E-state index contributed by atoms with van der Waals surface area (Å²) in [5.74, 6) is 0.179. The van der Waals surface area contributed by atoms with Crippen LogP contribution in [0.1, 0.15) is 32.1 Å². The van der Waals surface area contributed by atoms with Gasteiger partial charge in [-0.25, -0.2) is 0 Å². The van der Waals surface area contributed by atoms with Gasteiger partial charge in [-0.15, -0.1) is 0 Å². The van der Waals surface area contributed by atoms with Gasteiger partial charge in [0.15, 0.2) is 5.78 Å². The van der Waals surface area contributed by atoms with Crippen LogP contribution in [0.2, 0.25) is 0 Å². The molecule has 96 valence electrons. The summed E-state index contributed by atoms with van der Waals surface area (Å²) in [6.07, 6.45) is 6.36. The Balaban J connectivity index is 1.63. The van der Waals surface area contributed by atoms with Crippen molar-refractivity contribution in [3.63, 3.8) is 0 Å². The number of carbonyl (C=O) groups is 1. The Morgan fingerprint density at radius 2 is 2.29 bits per heavy atom. The van der Waals surface area contributed by atoms with Crippen molar-refractivity contribution in [1.82, 2.24) is 5.32 Å². The first-order valence-electron chi connectivity index (χ1n) is 6.52. The predicted molar refractivity (Wildman–Crippen MR) is 64.7 cm³/mol. The van der Waals surface area contributed by atoms with Crippen molar-refractivity contribution in [2.75, 3.05) is 26.3 Å². The molecule has 0 aromatic heterocycles. The minimum Gasteiger partial charge on any atom is -0.501 e. The van der Waals surface area contributed by atoms with Crippen molar-refractivity contribution >= 4 is 5.78 Å². The standard InChI is InChI=1S/C13H21NO3/c15-13(11-2-1-8-16-10-11)5-9-17-12-3-6-14-7-4-12/h10,12,14H,1-9H2. The first-order chi connectivity index (χ1) is 8.36. The number of allylic oxidation sites excluding steroid dienone is 1. The number of nitrogens with one attached hydrogen (secondary N) is 1. The fourth-order valence-electron chi connectivity index (χ4n) is 2.21. The van der Waals surface area contributed by atoms with E-state index in [0.29, 0.717) is 19.1 Å². The van der Waals surface area contributed by atoms with E-state index in [9.17, 15) is 4.79 Å². The summed E-state index contributed by atoms with van der Waals surface area (Å²) in [7, 11) is 0. The van der Waals surface area contributed by atoms with Crippen LogP contribution in [0.4, 0.5) is 0 Å². The number of ether oxygens (including phenoxy) is 2. The van der Waals surface area contributed by atoms with Gasteiger partial charge in [0.25, 0.3) is 0 Å². The maximum absolute atomic E-state index is 11.8. The first kappa shape index (κ1) is 12.6. The molecule has 0 amide bonds. The van der Waals surface area contributed by atoms with Gasteiger partial charge in [-0.3, -0.25) is 4.79 Å². The van der Waals surface area contributed by atoms with E-state index in [-0.39, 0.29) is 5.78 Å². The van der Waals surface area contributed by atoms with Crippen LogP contribution >= 0.6 is 0 Å². The molecule has 2 rings (SSSR count). The highest BCUT2D eigenvalue weighted by molar-refractivity contribution is 5.95. The van der Waals surface area contributed by atoms with Gasteiger partial charge < -0.3 is 14.8 Å². The first-order valence-corrected chi connectivity index (χ1v) is 6.52. The molecule has 0 unspecified atom stereocenters. The van der Waals surface area contributed by atoms with E-state index in [4.69, 9.17) is 9.47 Å². The quantitative estimate of drug-likeness (QED) is 0.788. The summed E-state index contributed by atoms with van der Waals surface area (Å²) >= 11 is 0. The molecule has 0 aliphatic carbocycles. The largest absolute Gasteiger partial charge is 0.501 e. The molecule has 1 N–H and O–H groups in total. The van der Waals surface area contributed by atoms with Crippen molar-refractivity contribution in [1.29, 1.82) is 0 Å². The lowest BCUT2D eigenvalue weighted by Gasteiger charge is -2.22. The second-order valence-corrected chi connectivity index (χ2v) is 4.61. The maximum atomic E-state index is 11.8. The molecule has 4 nitrogen and oxygen atoms in total. The molecule has 2 aliphatic heterocycles. The second kappa shape index (κ2) is 6.77. The molecular formula is C13H21NO3. The second-order valence-electron chi connectivity index (χ2n) is 4.61. The highest BCUT2D eigenvalue weighted by Gasteiger charge is 2.16. The van der Waals surface area contributed by atoms with Crippen LogP contribution in [0, 0.1) is 0 Å². The van der Waals surface area contributed by atoms with Crippen LogP contribution in [-0.4, -0.2) is 38.2 Å². The van der Waals surface area contributed by atoms with E-state index >= 15 is 0 Å². The van der Waals surface area contributed by atoms with Crippen molar-refractivity contribution in [2.24, 2.45) is 0 Å². The van der Waals surface area contributed by atoms with E-state index < -0.39 is 0 Å². The molecule has 1 saturated heterocycles. The Labute approximate surface area is 102 Å². The predicted octanol–water partition coefficient (Wildman–Crippen LogP) is 1.41. The number of piperidine rings is 1. The lowest BCUT2D eigenvalue weighted by Crippen LogP contribution is -2.32. The van der Waals surface area contributed by atoms with Gasteiger partial charge in [-0.1, -0.05) is 0 Å². The third kappa shape index (κ3) is 4.13. The molecule has 0 aromatic carbocycles. The summed E-state index contributed by atoms with van der Waals surface area (Å²) in [6.45, 7) is 3.33. The Kier molecular flexibility index (Phi) is 5.01. The van der Waals surface area contributed by atoms with Gasteiger partial charge in [-0.05, 0) is 38.8 Å². The summed E-state index contributed by atoms with van der Waals surface area (Å²) in [5, 5.41) is 3.29. The normalized spacial score (nSPS) is 21.8. The highest BCUT2D eigenvalue weighted by atomic mass is 16.5. The van der Waals surface area contributed by atoms with E-state index in [1.165, 1.54) is 0 Å². The average Bonchev–Trinajstić information content (AvgIpc) is 2.41. The fraction of sp³-hybridized carbons (Fsp3) is 0.769. The van der Waals surface area contributed by atoms with E-state index in [1.54, 1.807) is 6.26 Å². The Morgan fingerprint density at radius 3 is 3.00 bits per heavy atom. The van der Waals surface area contributed by atoms with Gasteiger partial charge in [0, 0.05) is 12.0 Å². The Bertz CT molecular complexity index is 282. The topological polar surface area (TPSA) is 47.6 Å². The molecule has 4 heteroatoms. The molecule has 0 atom stereocenters. The smallest absolute Gasteiger partial charge is 0.164 e. The molecule has 0 saturated carbocycles. The van der Waals surface area contributed by atoms with Crippen LogP contribution in [0.25, 0.3) is 0 Å². The monoisotopic (exact) mass is 239 g/mol. The van der Waals surface area contributed by atoms with Gasteiger partial charge in [-0.2, -0.15) is 0 Å². The van der Waals surface area contributed by atoms with E-state index in [2.05, 4.69) is 5.32 Å². The molecule has 2 aliphatic rings. The molecular weight excluding hydrogens is 218 g/mol. The van der Waals surface area contributed by atoms with Crippen LogP contribution in [0.15, 0.2) is 11.8 Å². The number of Topliss-reactive ketones (excluding diaryl/α,β-unsaturated/α-hetero) is 1. The molecule has 17 heavy (non-hydrogen) atoms. The summed E-state index contributed by atoms with van der Waals surface area (Å²) in [6, 6.07) is 0. The highest BCUT2D eigenvalue weighted by Crippen LogP contribution is 2.15. The summed E-state index contributed by atoms with van der Waals surface area (Å²) < 4.78 is 10.9. The van der Waals surface area contributed by atoms with Crippen molar-refractivity contribution in [3.8, 4) is 0 Å². The summed E-state index contributed by atoms with van der Waals surface area (Å²) in [5.41, 5.74) is 0.824. The zero-order valence-corrected chi connectivity index (χ0v) is 10.2. The number of ketones is 1.